The third-order valence-corrected chi connectivity index (χ3v) is 0.774. The predicted molar refractivity (Wildman–Crippen MR) is 34.8 cm³/mol. The van der Waals surface area contributed by atoms with E-state index < -0.39 is 17.1 Å². The number of aromatic amines is 2. The van der Waals surface area contributed by atoms with E-state index in [1.807, 2.05) is 4.98 Å². The molecule has 0 aliphatic rings. The van der Waals surface area contributed by atoms with E-state index in [4.69, 9.17) is 0 Å². The van der Waals surface area contributed by atoms with Gasteiger partial charge in [-0.1, -0.05) is 0 Å². The molecule has 0 aliphatic carbocycles. The van der Waals surface area contributed by atoms with Crippen molar-refractivity contribution in [3.63, 3.8) is 0 Å². The molecular weight excluding hydrogens is 150 g/mol. The van der Waals surface area contributed by atoms with Gasteiger partial charge in [-0.15, -0.1) is 0 Å². The predicted octanol–water partition coefficient (Wildman–Crippen LogP) is -1.45. The molecule has 50 valence electrons. The van der Waals surface area contributed by atoms with E-state index in [2.05, 4.69) is 0 Å². The molecule has 1 aromatic heterocycles. The second kappa shape index (κ2) is 3.70. The van der Waals surface area contributed by atoms with Crippen molar-refractivity contribution < 1.29 is 4.39 Å². The number of hydrogen-bond acceptors (Lipinski definition) is 2. The average molecular weight is 154 g/mol. The zero-order valence-electron chi connectivity index (χ0n) is 4.27. The Hall–Kier alpha value is -0.390. The van der Waals surface area contributed by atoms with Crippen molar-refractivity contribution in [1.82, 2.24) is 9.97 Å². The Morgan fingerprint density at radius 3 is 2.40 bits per heavy atom. The molecule has 0 bridgehead atoms. The first-order valence-corrected chi connectivity index (χ1v) is 2.17. The maximum absolute atomic E-state index is 12.0. The van der Waals surface area contributed by atoms with Crippen LogP contribution in [0.1, 0.15) is 0 Å². The monoisotopic (exact) mass is 154 g/mol. The molecule has 1 heterocycles. The summed E-state index contributed by atoms with van der Waals surface area (Å²) < 4.78 is 12.0. The number of hydrogen-bond donors (Lipinski definition) is 2. The summed E-state index contributed by atoms with van der Waals surface area (Å²) in [6.07, 6.45) is 0.709. The molecule has 0 saturated heterocycles. The summed E-state index contributed by atoms with van der Waals surface area (Å²) in [7, 11) is 0. The molecule has 0 aliphatic heterocycles. The molecule has 10 heavy (non-hydrogen) atoms. The van der Waals surface area contributed by atoms with Crippen LogP contribution in [0.5, 0.6) is 0 Å². The summed E-state index contributed by atoms with van der Waals surface area (Å²) >= 11 is 0. The molecule has 0 spiro atoms. The first kappa shape index (κ1) is 9.61. The van der Waals surface area contributed by atoms with Crippen LogP contribution in [0.3, 0.4) is 0 Å². The molecule has 0 unspecified atom stereocenters. The summed E-state index contributed by atoms with van der Waals surface area (Å²) in [4.78, 5) is 24.0. The van der Waals surface area contributed by atoms with Gasteiger partial charge in [-0.05, 0) is 0 Å². The Bertz CT molecular complexity index is 318. The minimum atomic E-state index is -1.00. The van der Waals surface area contributed by atoms with Gasteiger partial charge in [0.1, 0.15) is 0 Å². The Morgan fingerprint density at radius 1 is 1.40 bits per heavy atom. The number of rotatable bonds is 0. The van der Waals surface area contributed by atoms with Gasteiger partial charge in [0.15, 0.2) is 0 Å². The van der Waals surface area contributed by atoms with Crippen LogP contribution in [0.4, 0.5) is 4.39 Å². The fourth-order valence-electron chi connectivity index (χ4n) is 0.393. The van der Waals surface area contributed by atoms with E-state index in [0.29, 0.717) is 6.20 Å². The number of halogens is 1. The molecule has 0 radical (unpaired) electrons. The van der Waals surface area contributed by atoms with E-state index in [1.54, 1.807) is 4.98 Å². The molecule has 2 N–H and O–H groups in total. The van der Waals surface area contributed by atoms with Crippen LogP contribution in [0.2, 0.25) is 0 Å². The molecule has 1 aromatic rings. The third kappa shape index (κ3) is 2.09. The first-order valence-electron chi connectivity index (χ1n) is 2.17. The molecule has 0 fully saturated rings. The zero-order valence-corrected chi connectivity index (χ0v) is 4.27. The summed E-state index contributed by atoms with van der Waals surface area (Å²) in [5.41, 5.74) is -1.71. The van der Waals surface area contributed by atoms with Gasteiger partial charge >= 0.3 is 35.2 Å². The van der Waals surface area contributed by atoms with Crippen LogP contribution in [0.25, 0.3) is 0 Å². The average Bonchev–Trinajstić information content (AvgIpc) is 1.80. The number of nitrogens with one attached hydrogen (secondary N) is 2. The standard InChI is InChI=1S/C4H3FN2O2.Na.H/c5-2-1-6-4(9)7-3(2)8;;/h1H,(H2,6,7,8,9);;. The molecule has 0 atom stereocenters. The molecule has 1 rings (SSSR count). The van der Waals surface area contributed by atoms with Gasteiger partial charge in [0, 0.05) is 6.20 Å². The van der Waals surface area contributed by atoms with Gasteiger partial charge in [-0.3, -0.25) is 9.78 Å². The Balaban J connectivity index is 0.000000810. The fourth-order valence-corrected chi connectivity index (χ4v) is 0.393. The summed E-state index contributed by atoms with van der Waals surface area (Å²) in [6.45, 7) is 0. The van der Waals surface area contributed by atoms with Gasteiger partial charge in [0.05, 0.1) is 0 Å². The Morgan fingerprint density at radius 2 is 2.00 bits per heavy atom. The molecule has 0 saturated carbocycles. The first-order chi connectivity index (χ1) is 4.20. The summed E-state index contributed by atoms with van der Waals surface area (Å²) in [5.74, 6) is -0.991. The van der Waals surface area contributed by atoms with E-state index in [1.165, 1.54) is 0 Å². The van der Waals surface area contributed by atoms with Crippen molar-refractivity contribution in [1.29, 1.82) is 0 Å². The third-order valence-electron chi connectivity index (χ3n) is 0.774. The molecular formula is C4H4FN2NaO2. The summed E-state index contributed by atoms with van der Waals surface area (Å²) in [6, 6.07) is 0. The van der Waals surface area contributed by atoms with Gasteiger partial charge in [-0.25, -0.2) is 4.79 Å². The Kier molecular flexibility index (Phi) is 3.55. The number of aromatic nitrogens is 2. The Labute approximate surface area is 76.8 Å². The number of H-pyrrole nitrogens is 2. The van der Waals surface area contributed by atoms with Crippen molar-refractivity contribution in [2.24, 2.45) is 0 Å². The minimum absolute atomic E-state index is 0. The topological polar surface area (TPSA) is 65.7 Å². The van der Waals surface area contributed by atoms with Crippen molar-refractivity contribution in [2.75, 3.05) is 0 Å². The van der Waals surface area contributed by atoms with E-state index >= 15 is 0 Å². The van der Waals surface area contributed by atoms with Crippen molar-refractivity contribution >= 4 is 29.6 Å². The van der Waals surface area contributed by atoms with E-state index in [9.17, 15) is 14.0 Å². The van der Waals surface area contributed by atoms with E-state index in [-0.39, 0.29) is 29.6 Å². The molecule has 0 aromatic carbocycles. The molecule has 6 heteroatoms. The van der Waals surface area contributed by atoms with Crippen LogP contribution in [0, 0.1) is 5.82 Å². The van der Waals surface area contributed by atoms with Gasteiger partial charge in [0.2, 0.25) is 5.82 Å². The second-order valence-corrected chi connectivity index (χ2v) is 1.42. The quantitative estimate of drug-likeness (QED) is 0.449. The second-order valence-electron chi connectivity index (χ2n) is 1.42. The normalized spacial score (nSPS) is 8.50. The van der Waals surface area contributed by atoms with Crippen LogP contribution in [0.15, 0.2) is 15.8 Å². The van der Waals surface area contributed by atoms with Crippen molar-refractivity contribution in [3.05, 3.63) is 32.9 Å². The van der Waals surface area contributed by atoms with Gasteiger partial charge in [0.25, 0.3) is 5.56 Å². The zero-order chi connectivity index (χ0) is 6.85. The fraction of sp³-hybridized carbons (Fsp3) is 0. The van der Waals surface area contributed by atoms with Crippen LogP contribution in [-0.2, 0) is 0 Å². The van der Waals surface area contributed by atoms with Crippen LogP contribution in [-0.4, -0.2) is 39.5 Å². The molecule has 4 nitrogen and oxygen atoms in total. The molecule has 0 amide bonds. The van der Waals surface area contributed by atoms with Crippen LogP contribution < -0.4 is 11.2 Å². The van der Waals surface area contributed by atoms with Crippen molar-refractivity contribution in [3.8, 4) is 0 Å². The van der Waals surface area contributed by atoms with Crippen LogP contribution >= 0.6 is 0 Å². The maximum atomic E-state index is 12.0. The van der Waals surface area contributed by atoms with Crippen molar-refractivity contribution in [2.45, 2.75) is 0 Å². The van der Waals surface area contributed by atoms with Gasteiger partial charge in [-0.2, -0.15) is 4.39 Å². The SMILES string of the molecule is O=c1[nH]cc(F)c(=O)[nH]1.[NaH]. The van der Waals surface area contributed by atoms with Gasteiger partial charge < -0.3 is 4.98 Å². The summed E-state index contributed by atoms with van der Waals surface area (Å²) in [5, 5.41) is 0. The van der Waals surface area contributed by atoms with E-state index in [0.717, 1.165) is 0 Å².